The Hall–Kier alpha value is -0.610. The largest absolute Gasteiger partial charge is 0.391 e. The van der Waals surface area contributed by atoms with E-state index in [9.17, 15) is 9.90 Å². The Kier molecular flexibility index (Phi) is 2.51. The molecular weight excluding hydrogens is 170 g/mol. The first-order valence-corrected chi connectivity index (χ1v) is 4.79. The summed E-state index contributed by atoms with van der Waals surface area (Å²) >= 11 is 0. The van der Waals surface area contributed by atoms with Crippen molar-refractivity contribution in [2.24, 2.45) is 5.92 Å². The Balaban J connectivity index is 1.76. The summed E-state index contributed by atoms with van der Waals surface area (Å²) in [5.74, 6) is 0.593. The molecule has 4 heteroatoms. The molecule has 1 atom stereocenters. The van der Waals surface area contributed by atoms with E-state index in [1.165, 1.54) is 0 Å². The van der Waals surface area contributed by atoms with Gasteiger partial charge in [0.05, 0.1) is 19.3 Å². The molecule has 2 saturated heterocycles. The summed E-state index contributed by atoms with van der Waals surface area (Å²) in [7, 11) is 0. The lowest BCUT2D eigenvalue weighted by molar-refractivity contribution is -0.135. The summed E-state index contributed by atoms with van der Waals surface area (Å²) in [6.07, 6.45) is 1.01. The van der Waals surface area contributed by atoms with Crippen LogP contribution in [0, 0.1) is 5.92 Å². The van der Waals surface area contributed by atoms with Crippen LogP contribution in [-0.4, -0.2) is 48.3 Å². The third-order valence-corrected chi connectivity index (χ3v) is 2.69. The maximum atomic E-state index is 11.6. The Morgan fingerprint density at radius 1 is 1.54 bits per heavy atom. The Morgan fingerprint density at radius 3 is 2.77 bits per heavy atom. The van der Waals surface area contributed by atoms with E-state index in [1.54, 1.807) is 4.90 Å². The van der Waals surface area contributed by atoms with Gasteiger partial charge in [-0.25, -0.2) is 0 Å². The molecule has 1 N–H and O–H groups in total. The standard InChI is InChI=1S/C9H15NO3/c11-8-1-2-10(4-8)9(12)3-7-5-13-6-7/h7-8,11H,1-6H2/t8-/m0/s1. The molecule has 0 aromatic heterocycles. The molecule has 4 nitrogen and oxygen atoms in total. The van der Waals surface area contributed by atoms with E-state index in [0.717, 1.165) is 19.6 Å². The minimum Gasteiger partial charge on any atom is -0.391 e. The molecule has 2 fully saturated rings. The van der Waals surface area contributed by atoms with Crippen LogP contribution >= 0.6 is 0 Å². The molecule has 2 aliphatic rings. The number of rotatable bonds is 2. The Bertz CT molecular complexity index is 203. The summed E-state index contributed by atoms with van der Waals surface area (Å²) < 4.78 is 5.00. The van der Waals surface area contributed by atoms with Crippen LogP contribution < -0.4 is 0 Å². The van der Waals surface area contributed by atoms with Crippen molar-refractivity contribution in [3.05, 3.63) is 0 Å². The number of carbonyl (C=O) groups is 1. The van der Waals surface area contributed by atoms with Crippen molar-refractivity contribution in [2.45, 2.75) is 18.9 Å². The van der Waals surface area contributed by atoms with Gasteiger partial charge >= 0.3 is 0 Å². The minimum atomic E-state index is -0.304. The summed E-state index contributed by atoms with van der Waals surface area (Å²) in [6.45, 7) is 2.68. The molecule has 0 radical (unpaired) electrons. The minimum absolute atomic E-state index is 0.171. The van der Waals surface area contributed by atoms with Gasteiger partial charge in [0, 0.05) is 25.4 Å². The highest BCUT2D eigenvalue weighted by molar-refractivity contribution is 5.76. The van der Waals surface area contributed by atoms with Crippen molar-refractivity contribution in [3.63, 3.8) is 0 Å². The normalized spacial score (nSPS) is 29.0. The number of likely N-dealkylation sites (tertiary alicyclic amines) is 1. The van der Waals surface area contributed by atoms with Gasteiger partial charge in [0.2, 0.25) is 5.91 Å². The van der Waals surface area contributed by atoms with Gasteiger partial charge in [0.1, 0.15) is 0 Å². The van der Waals surface area contributed by atoms with Gasteiger partial charge in [-0.05, 0) is 6.42 Å². The van der Waals surface area contributed by atoms with E-state index < -0.39 is 0 Å². The van der Waals surface area contributed by atoms with E-state index in [4.69, 9.17) is 4.74 Å². The topological polar surface area (TPSA) is 49.8 Å². The van der Waals surface area contributed by atoms with Crippen LogP contribution in [0.4, 0.5) is 0 Å². The van der Waals surface area contributed by atoms with Crippen molar-refractivity contribution in [1.82, 2.24) is 4.90 Å². The van der Waals surface area contributed by atoms with Crippen LogP contribution in [0.25, 0.3) is 0 Å². The van der Waals surface area contributed by atoms with E-state index >= 15 is 0 Å². The lowest BCUT2D eigenvalue weighted by Crippen LogP contribution is -2.36. The van der Waals surface area contributed by atoms with Crippen LogP contribution in [0.3, 0.4) is 0 Å². The van der Waals surface area contributed by atoms with E-state index in [2.05, 4.69) is 0 Å². The number of ether oxygens (including phenoxy) is 1. The Morgan fingerprint density at radius 2 is 2.31 bits per heavy atom. The molecule has 13 heavy (non-hydrogen) atoms. The second kappa shape index (κ2) is 3.64. The zero-order valence-electron chi connectivity index (χ0n) is 7.61. The summed E-state index contributed by atoms with van der Waals surface area (Å²) in [6, 6.07) is 0. The molecule has 74 valence electrons. The van der Waals surface area contributed by atoms with Gasteiger partial charge < -0.3 is 14.7 Å². The predicted octanol–water partition coefficient (Wildman–Crippen LogP) is -0.384. The van der Waals surface area contributed by atoms with Crippen molar-refractivity contribution in [1.29, 1.82) is 0 Å². The average molecular weight is 185 g/mol. The highest BCUT2D eigenvalue weighted by Crippen LogP contribution is 2.18. The molecule has 1 amide bonds. The lowest BCUT2D eigenvalue weighted by atomic mass is 10.0. The molecule has 0 aromatic rings. The molecule has 0 spiro atoms. The molecule has 0 bridgehead atoms. The highest BCUT2D eigenvalue weighted by Gasteiger charge is 2.28. The second-order valence-corrected chi connectivity index (χ2v) is 3.89. The van der Waals surface area contributed by atoms with E-state index in [1.807, 2.05) is 0 Å². The van der Waals surface area contributed by atoms with Gasteiger partial charge in [-0.1, -0.05) is 0 Å². The molecule has 0 saturated carbocycles. The number of nitrogens with zero attached hydrogens (tertiary/aromatic N) is 1. The zero-order valence-corrected chi connectivity index (χ0v) is 7.61. The number of hydrogen-bond donors (Lipinski definition) is 1. The van der Waals surface area contributed by atoms with E-state index in [-0.39, 0.29) is 12.0 Å². The maximum Gasteiger partial charge on any atom is 0.223 e. The second-order valence-electron chi connectivity index (χ2n) is 3.89. The van der Waals surface area contributed by atoms with Gasteiger partial charge in [-0.2, -0.15) is 0 Å². The number of aliphatic hydroxyl groups excluding tert-OH is 1. The van der Waals surface area contributed by atoms with Crippen molar-refractivity contribution >= 4 is 5.91 Å². The highest BCUT2D eigenvalue weighted by atomic mass is 16.5. The van der Waals surface area contributed by atoms with Crippen molar-refractivity contribution in [3.8, 4) is 0 Å². The fourth-order valence-electron chi connectivity index (χ4n) is 1.75. The molecular formula is C9H15NO3. The van der Waals surface area contributed by atoms with Crippen LogP contribution in [0.15, 0.2) is 0 Å². The average Bonchev–Trinajstić information content (AvgIpc) is 2.44. The predicted molar refractivity (Wildman–Crippen MR) is 46.1 cm³/mol. The first kappa shape index (κ1) is 8.97. The number of β-amino-alcohol motifs (C(OH)–C–C–N with tert-alkyl or cyclic N) is 1. The molecule has 0 unspecified atom stereocenters. The summed E-state index contributed by atoms with van der Waals surface area (Å²) in [5, 5.41) is 9.24. The van der Waals surface area contributed by atoms with Crippen LogP contribution in [0.2, 0.25) is 0 Å². The Labute approximate surface area is 77.5 Å². The smallest absolute Gasteiger partial charge is 0.223 e. The lowest BCUT2D eigenvalue weighted by Gasteiger charge is -2.27. The van der Waals surface area contributed by atoms with Gasteiger partial charge in [-0.15, -0.1) is 0 Å². The number of hydrogen-bond acceptors (Lipinski definition) is 3. The van der Waals surface area contributed by atoms with Crippen LogP contribution in [0.1, 0.15) is 12.8 Å². The number of amides is 1. The quantitative estimate of drug-likeness (QED) is 0.637. The van der Waals surface area contributed by atoms with Crippen molar-refractivity contribution < 1.29 is 14.6 Å². The molecule has 0 aliphatic carbocycles. The maximum absolute atomic E-state index is 11.6. The molecule has 2 heterocycles. The number of aliphatic hydroxyl groups is 1. The first-order valence-electron chi connectivity index (χ1n) is 4.79. The number of carbonyl (C=O) groups excluding carboxylic acids is 1. The molecule has 2 aliphatic heterocycles. The molecule has 2 rings (SSSR count). The third kappa shape index (κ3) is 2.00. The monoisotopic (exact) mass is 185 g/mol. The molecule has 0 aromatic carbocycles. The SMILES string of the molecule is O=C(CC1COC1)N1CC[C@H](O)C1. The summed E-state index contributed by atoms with van der Waals surface area (Å²) in [5.41, 5.74) is 0. The van der Waals surface area contributed by atoms with Crippen LogP contribution in [0.5, 0.6) is 0 Å². The van der Waals surface area contributed by atoms with Crippen LogP contribution in [-0.2, 0) is 9.53 Å². The van der Waals surface area contributed by atoms with Gasteiger partial charge in [0.15, 0.2) is 0 Å². The zero-order chi connectivity index (χ0) is 9.26. The van der Waals surface area contributed by atoms with Gasteiger partial charge in [-0.3, -0.25) is 4.79 Å². The fraction of sp³-hybridized carbons (Fsp3) is 0.889. The third-order valence-electron chi connectivity index (χ3n) is 2.69. The fourth-order valence-corrected chi connectivity index (χ4v) is 1.75. The summed E-state index contributed by atoms with van der Waals surface area (Å²) in [4.78, 5) is 13.3. The first-order chi connectivity index (χ1) is 6.25. The van der Waals surface area contributed by atoms with E-state index in [0.29, 0.717) is 25.4 Å². The van der Waals surface area contributed by atoms with Gasteiger partial charge in [0.25, 0.3) is 0 Å². The van der Waals surface area contributed by atoms with Crippen molar-refractivity contribution in [2.75, 3.05) is 26.3 Å².